The number of aromatic nitrogens is 3. The van der Waals surface area contributed by atoms with Crippen LogP contribution in [0.25, 0.3) is 10.9 Å². The molecule has 3 aromatic rings. The van der Waals surface area contributed by atoms with Crippen molar-refractivity contribution in [2.45, 2.75) is 13.3 Å². The SMILES string of the molecule is CCOC(=O)c1cn[nH]c1CC(=O)c1cc2cc(F)ccc2[nH]1. The molecule has 7 heteroatoms. The van der Waals surface area contributed by atoms with Crippen LogP contribution < -0.4 is 0 Å². The van der Waals surface area contributed by atoms with Crippen molar-refractivity contribution in [3.05, 3.63) is 53.2 Å². The van der Waals surface area contributed by atoms with Gasteiger partial charge in [0.25, 0.3) is 0 Å². The number of rotatable bonds is 5. The fourth-order valence-electron chi connectivity index (χ4n) is 2.34. The Morgan fingerprint density at radius 1 is 1.30 bits per heavy atom. The summed E-state index contributed by atoms with van der Waals surface area (Å²) in [5.41, 5.74) is 1.64. The fourth-order valence-corrected chi connectivity index (χ4v) is 2.34. The molecule has 0 spiro atoms. The van der Waals surface area contributed by atoms with Crippen molar-refractivity contribution in [2.24, 2.45) is 0 Å². The van der Waals surface area contributed by atoms with E-state index in [0.29, 0.717) is 22.3 Å². The molecule has 0 saturated carbocycles. The van der Waals surface area contributed by atoms with Crippen LogP contribution >= 0.6 is 0 Å². The van der Waals surface area contributed by atoms with Gasteiger partial charge in [-0.25, -0.2) is 9.18 Å². The van der Waals surface area contributed by atoms with Crippen LogP contribution in [-0.2, 0) is 11.2 Å². The number of hydrogen-bond donors (Lipinski definition) is 2. The zero-order chi connectivity index (χ0) is 16.4. The number of aromatic amines is 2. The summed E-state index contributed by atoms with van der Waals surface area (Å²) in [6, 6.07) is 5.83. The van der Waals surface area contributed by atoms with Crippen LogP contribution in [0.5, 0.6) is 0 Å². The van der Waals surface area contributed by atoms with Crippen LogP contribution in [0.2, 0.25) is 0 Å². The van der Waals surface area contributed by atoms with Gasteiger partial charge in [-0.15, -0.1) is 0 Å². The lowest BCUT2D eigenvalue weighted by molar-refractivity contribution is 0.0525. The van der Waals surface area contributed by atoms with Crippen molar-refractivity contribution in [3.63, 3.8) is 0 Å². The van der Waals surface area contributed by atoms with Crippen molar-refractivity contribution in [3.8, 4) is 0 Å². The van der Waals surface area contributed by atoms with E-state index in [-0.39, 0.29) is 30.2 Å². The summed E-state index contributed by atoms with van der Waals surface area (Å²) in [5, 5.41) is 7.05. The summed E-state index contributed by atoms with van der Waals surface area (Å²) in [6.07, 6.45) is 1.30. The monoisotopic (exact) mass is 315 g/mol. The van der Waals surface area contributed by atoms with Gasteiger partial charge in [-0.2, -0.15) is 5.10 Å². The zero-order valence-corrected chi connectivity index (χ0v) is 12.4. The second-order valence-corrected chi connectivity index (χ2v) is 5.00. The van der Waals surface area contributed by atoms with Gasteiger partial charge in [0.2, 0.25) is 0 Å². The molecule has 2 N–H and O–H groups in total. The minimum Gasteiger partial charge on any atom is -0.462 e. The molecular formula is C16H14FN3O3. The molecule has 0 radical (unpaired) electrons. The van der Waals surface area contributed by atoms with Crippen LogP contribution in [0, 0.1) is 5.82 Å². The Hall–Kier alpha value is -2.96. The number of fused-ring (bicyclic) bond motifs is 1. The van der Waals surface area contributed by atoms with Crippen LogP contribution in [-0.4, -0.2) is 33.5 Å². The fraction of sp³-hybridized carbons (Fsp3) is 0.188. The standard InChI is InChI=1S/C16H14FN3O3/c1-2-23-16(22)11-8-18-20-13(11)7-15(21)14-6-9-5-10(17)3-4-12(9)19-14/h3-6,8,19H,2,7H2,1H3,(H,18,20). The van der Waals surface area contributed by atoms with E-state index in [4.69, 9.17) is 4.74 Å². The third kappa shape index (κ3) is 2.98. The van der Waals surface area contributed by atoms with Gasteiger partial charge in [-0.3, -0.25) is 9.89 Å². The number of hydrogen-bond acceptors (Lipinski definition) is 4. The topological polar surface area (TPSA) is 87.8 Å². The molecule has 0 saturated heterocycles. The quantitative estimate of drug-likeness (QED) is 0.559. The minimum absolute atomic E-state index is 0.0382. The van der Waals surface area contributed by atoms with E-state index in [2.05, 4.69) is 15.2 Å². The molecule has 23 heavy (non-hydrogen) atoms. The molecule has 0 aliphatic rings. The highest BCUT2D eigenvalue weighted by Crippen LogP contribution is 2.18. The van der Waals surface area contributed by atoms with Gasteiger partial charge in [-0.05, 0) is 31.2 Å². The van der Waals surface area contributed by atoms with Crippen LogP contribution in [0.15, 0.2) is 30.5 Å². The van der Waals surface area contributed by atoms with Crippen molar-refractivity contribution < 1.29 is 18.7 Å². The van der Waals surface area contributed by atoms with E-state index in [1.165, 1.54) is 18.3 Å². The highest BCUT2D eigenvalue weighted by molar-refractivity contribution is 6.01. The van der Waals surface area contributed by atoms with Gasteiger partial charge in [0.1, 0.15) is 11.4 Å². The van der Waals surface area contributed by atoms with Crippen LogP contribution in [0.4, 0.5) is 4.39 Å². The number of esters is 1. The number of benzene rings is 1. The molecule has 6 nitrogen and oxygen atoms in total. The number of ketones is 1. The zero-order valence-electron chi connectivity index (χ0n) is 12.4. The first-order valence-electron chi connectivity index (χ1n) is 7.09. The largest absolute Gasteiger partial charge is 0.462 e. The third-order valence-corrected chi connectivity index (χ3v) is 3.43. The molecule has 118 valence electrons. The summed E-state index contributed by atoms with van der Waals surface area (Å²) < 4.78 is 18.1. The maximum absolute atomic E-state index is 13.2. The molecule has 0 unspecified atom stereocenters. The predicted molar refractivity (Wildman–Crippen MR) is 80.8 cm³/mol. The van der Waals surface area contributed by atoms with Gasteiger partial charge in [0.05, 0.1) is 30.6 Å². The molecule has 0 atom stereocenters. The van der Waals surface area contributed by atoms with E-state index in [1.54, 1.807) is 19.1 Å². The normalized spacial score (nSPS) is 10.9. The number of carbonyl (C=O) groups is 2. The van der Waals surface area contributed by atoms with Gasteiger partial charge < -0.3 is 9.72 Å². The highest BCUT2D eigenvalue weighted by Gasteiger charge is 2.19. The Bertz CT molecular complexity index is 882. The highest BCUT2D eigenvalue weighted by atomic mass is 19.1. The lowest BCUT2D eigenvalue weighted by Gasteiger charge is -2.02. The maximum atomic E-state index is 13.2. The predicted octanol–water partition coefficient (Wildman–Crippen LogP) is 2.63. The molecule has 3 rings (SSSR count). The number of Topliss-reactive ketones (excluding diaryl/α,β-unsaturated/α-hetero) is 1. The average Bonchev–Trinajstić information content (AvgIpc) is 3.13. The Labute approximate surface area is 130 Å². The molecule has 2 heterocycles. The van der Waals surface area contributed by atoms with Gasteiger partial charge >= 0.3 is 5.97 Å². The second kappa shape index (κ2) is 6.04. The third-order valence-electron chi connectivity index (χ3n) is 3.43. The molecule has 0 aliphatic carbocycles. The smallest absolute Gasteiger partial charge is 0.341 e. The minimum atomic E-state index is -0.525. The van der Waals surface area contributed by atoms with Gasteiger partial charge in [-0.1, -0.05) is 0 Å². The molecule has 2 aromatic heterocycles. The number of nitrogens with zero attached hydrogens (tertiary/aromatic N) is 1. The van der Waals surface area contributed by atoms with E-state index >= 15 is 0 Å². The summed E-state index contributed by atoms with van der Waals surface area (Å²) in [5.74, 6) is -1.13. The van der Waals surface area contributed by atoms with E-state index in [9.17, 15) is 14.0 Å². The van der Waals surface area contributed by atoms with Crippen molar-refractivity contribution >= 4 is 22.7 Å². The molecule has 0 amide bonds. The summed E-state index contributed by atoms with van der Waals surface area (Å²) in [7, 11) is 0. The molecular weight excluding hydrogens is 301 g/mol. The lowest BCUT2D eigenvalue weighted by atomic mass is 10.1. The van der Waals surface area contributed by atoms with E-state index in [0.717, 1.165) is 0 Å². The van der Waals surface area contributed by atoms with Gasteiger partial charge in [0.15, 0.2) is 5.78 Å². The molecule has 0 fully saturated rings. The number of H-pyrrole nitrogens is 2. The first-order valence-corrected chi connectivity index (χ1v) is 7.09. The Morgan fingerprint density at radius 2 is 2.13 bits per heavy atom. The number of nitrogens with one attached hydrogen (secondary N) is 2. The van der Waals surface area contributed by atoms with Crippen molar-refractivity contribution in [1.82, 2.24) is 15.2 Å². The molecule has 0 bridgehead atoms. The Kier molecular flexibility index (Phi) is 3.92. The van der Waals surface area contributed by atoms with Crippen molar-refractivity contribution in [2.75, 3.05) is 6.61 Å². The molecule has 1 aromatic carbocycles. The number of carbonyl (C=O) groups excluding carboxylic acids is 2. The Morgan fingerprint density at radius 3 is 2.91 bits per heavy atom. The summed E-state index contributed by atoms with van der Waals surface area (Å²) in [4.78, 5) is 27.1. The van der Waals surface area contributed by atoms with Crippen LogP contribution in [0.1, 0.15) is 33.5 Å². The van der Waals surface area contributed by atoms with E-state index in [1.807, 2.05) is 0 Å². The maximum Gasteiger partial charge on any atom is 0.341 e. The summed E-state index contributed by atoms with van der Waals surface area (Å²) in [6.45, 7) is 1.94. The molecule has 0 aliphatic heterocycles. The van der Waals surface area contributed by atoms with Crippen molar-refractivity contribution in [1.29, 1.82) is 0 Å². The van der Waals surface area contributed by atoms with E-state index < -0.39 is 5.97 Å². The number of ether oxygens (including phenoxy) is 1. The van der Waals surface area contributed by atoms with Gasteiger partial charge in [0, 0.05) is 10.9 Å². The van der Waals surface area contributed by atoms with Crippen LogP contribution in [0.3, 0.4) is 0 Å². The Balaban J connectivity index is 1.83. The summed E-state index contributed by atoms with van der Waals surface area (Å²) >= 11 is 0. The number of halogens is 1. The second-order valence-electron chi connectivity index (χ2n) is 5.00. The first-order chi connectivity index (χ1) is 11.1. The first kappa shape index (κ1) is 15.0. The lowest BCUT2D eigenvalue weighted by Crippen LogP contribution is -2.11. The average molecular weight is 315 g/mol.